The number of hydrogen-bond acceptors (Lipinski definition) is 14. The van der Waals surface area contributed by atoms with Gasteiger partial charge >= 0.3 is 33.6 Å². The summed E-state index contributed by atoms with van der Waals surface area (Å²) in [5.41, 5.74) is 0. The molecule has 5 unspecified atom stereocenters. The topological polar surface area (TPSA) is 231 Å². The van der Waals surface area contributed by atoms with Crippen LogP contribution in [0.4, 0.5) is 0 Å². The smallest absolute Gasteiger partial charge is 0.463 e. The maximum atomic E-state index is 13.0. The van der Waals surface area contributed by atoms with Gasteiger partial charge in [-0.1, -0.05) is 320 Å². The van der Waals surface area contributed by atoms with Gasteiger partial charge in [0.2, 0.25) is 0 Å². The van der Waals surface area contributed by atoms with Crippen molar-refractivity contribution in [1.82, 2.24) is 0 Å². The van der Waals surface area contributed by atoms with E-state index in [-0.39, 0.29) is 19.3 Å². The molecule has 4 N–H and O–H groups in total. The quantitative estimate of drug-likeness (QED) is 0.0146. The van der Waals surface area contributed by atoms with Crippen molar-refractivity contribution < 1.29 is 75.8 Å². The van der Waals surface area contributed by atoms with Gasteiger partial charge in [-0.25, -0.2) is 9.13 Å². The molecule has 0 fully saturated rings. The Morgan fingerprint density at radius 2 is 0.495 bits per heavy atom. The van der Waals surface area contributed by atoms with Crippen molar-refractivity contribution in [3.63, 3.8) is 0 Å². The minimum Gasteiger partial charge on any atom is -0.463 e. The summed E-state index contributed by atoms with van der Waals surface area (Å²) >= 11 is 0. The number of carbonyl (C=O) groups is 3. The Labute approximate surface area is 650 Å². The van der Waals surface area contributed by atoms with Gasteiger partial charge < -0.3 is 34.2 Å². The van der Waals surface area contributed by atoms with Gasteiger partial charge in [0.25, 0.3) is 0 Å². The van der Waals surface area contributed by atoms with Crippen LogP contribution < -0.4 is 0 Å². The van der Waals surface area contributed by atoms with Crippen LogP contribution in [0.15, 0.2) is 158 Å². The molecule has 0 radical (unpaired) electrons. The lowest BCUT2D eigenvalue weighted by atomic mass is 10.0. The monoisotopic (exact) mass is 1540 g/mol. The number of unbranched alkanes of at least 4 members (excludes halogenated alkanes) is 29. The third-order valence-electron chi connectivity index (χ3n) is 17.2. The van der Waals surface area contributed by atoms with Crippen LogP contribution in [0.3, 0.4) is 0 Å². The fraction of sp³-hybridized carbons (Fsp3) is 0.674. The molecule has 16 nitrogen and oxygen atoms in total. The maximum Gasteiger partial charge on any atom is 0.472 e. The molecular weight excluding hydrogens is 1390 g/mol. The number of hydrogen-bond donors (Lipinski definition) is 4. The highest BCUT2D eigenvalue weighted by Gasteiger charge is 2.29. The number of carbonyl (C=O) groups excluding carboxylic acids is 3. The molecule has 18 heteroatoms. The standard InChI is InChI=1S/C89H150O16P2/c1-4-7-10-13-16-19-22-25-28-30-32-34-35-36-37-38-39-40-41-42-43-44-45-46-47-49-51-52-55-57-60-63-66-69-72-75-87(92)99-78-84(90)79-101-106(95,96)102-80-85(91)81-103-107(97,98)104-83-86(105-89(94)77-74-71-68-65-62-59-54-27-24-21-18-15-12-9-6-3)82-100-88(93)76-73-70-67-64-61-58-56-53-50-48-33-31-29-26-23-20-17-14-11-8-5-2/h7-8,10-11,16-21,25-29,32-34,36-37,39-40,48,53-54,56,84-86,90-91H,4-6,9,12-15,22-24,30-31,35,38,41-47,49-52,55,57-83H2,1-3H3,(H,95,96)(H,97,98)/b10-7-,11-8-,19-16-,20-17-,21-18-,28-25-,29-26-,34-32-,37-36-,40-39-,48-33-,54-27-,56-53-. The molecule has 0 bridgehead atoms. The molecule has 0 spiro atoms. The number of esters is 3. The number of allylic oxidation sites excluding steroid dienone is 26. The minimum atomic E-state index is -4.94. The molecule has 107 heavy (non-hydrogen) atoms. The predicted octanol–water partition coefficient (Wildman–Crippen LogP) is 25.0. The summed E-state index contributed by atoms with van der Waals surface area (Å²) in [6.07, 6.45) is 102. The van der Waals surface area contributed by atoms with Crippen molar-refractivity contribution in [3.05, 3.63) is 158 Å². The van der Waals surface area contributed by atoms with Crippen LogP contribution >= 0.6 is 15.6 Å². The summed E-state index contributed by atoms with van der Waals surface area (Å²) in [6, 6.07) is 0. The van der Waals surface area contributed by atoms with Gasteiger partial charge in [-0.15, -0.1) is 0 Å². The molecule has 0 aromatic heterocycles. The second kappa shape index (κ2) is 80.7. The average Bonchev–Trinajstić information content (AvgIpc) is 0.906. The third kappa shape index (κ3) is 82.0. The number of phosphoric ester groups is 2. The van der Waals surface area contributed by atoms with Gasteiger partial charge in [0.15, 0.2) is 6.10 Å². The van der Waals surface area contributed by atoms with E-state index in [1.807, 2.05) is 0 Å². The first-order valence-corrected chi connectivity index (χ1v) is 44.8. The lowest BCUT2D eigenvalue weighted by Crippen LogP contribution is -2.30. The van der Waals surface area contributed by atoms with E-state index in [2.05, 4.69) is 179 Å². The van der Waals surface area contributed by atoms with Crippen molar-refractivity contribution in [2.24, 2.45) is 0 Å². The van der Waals surface area contributed by atoms with Crippen molar-refractivity contribution in [2.45, 2.75) is 347 Å². The zero-order chi connectivity index (χ0) is 78.0. The Kier molecular flexibility index (Phi) is 77.0. The number of phosphoric acid groups is 2. The first-order chi connectivity index (χ1) is 52.2. The Hall–Kier alpha value is -4.83. The van der Waals surface area contributed by atoms with Crippen LogP contribution in [0.5, 0.6) is 0 Å². The zero-order valence-electron chi connectivity index (χ0n) is 67.0. The first kappa shape index (κ1) is 102. The van der Waals surface area contributed by atoms with E-state index in [1.54, 1.807) is 0 Å². The second-order valence-corrected chi connectivity index (χ2v) is 30.4. The first-order valence-electron chi connectivity index (χ1n) is 41.8. The molecular formula is C89H150O16P2. The Morgan fingerprint density at radius 1 is 0.271 bits per heavy atom. The minimum absolute atomic E-state index is 0.0806. The maximum absolute atomic E-state index is 13.0. The average molecular weight is 1540 g/mol. The SMILES string of the molecule is CC/C=C\C/C=C\C/C=C\C/C=C\C/C=C\C/C=C\CCCCCCCCCCCCCCCCCCC(=O)OCC(O)COP(=O)(O)OCC(O)COP(=O)(O)OCC(COC(=O)CCCCCCC/C=C\C/C=C\C/C=C\C/C=C\C/C=C\CC)OC(=O)CCCCCCC/C=C\C/C=C\CCCCC. The normalized spacial score (nSPS) is 14.7. The molecule has 5 atom stereocenters. The van der Waals surface area contributed by atoms with Gasteiger partial charge in [-0.2, -0.15) is 0 Å². The van der Waals surface area contributed by atoms with Crippen LogP contribution in [0.25, 0.3) is 0 Å². The van der Waals surface area contributed by atoms with Gasteiger partial charge in [0.05, 0.1) is 26.4 Å². The fourth-order valence-corrected chi connectivity index (χ4v) is 12.5. The van der Waals surface area contributed by atoms with Crippen LogP contribution in [0.1, 0.15) is 329 Å². The Balaban J connectivity index is 4.45. The highest BCUT2D eigenvalue weighted by molar-refractivity contribution is 7.47. The fourth-order valence-electron chi connectivity index (χ4n) is 10.9. The third-order valence-corrected chi connectivity index (χ3v) is 19.1. The summed E-state index contributed by atoms with van der Waals surface area (Å²) in [6.45, 7) is 2.40. The zero-order valence-corrected chi connectivity index (χ0v) is 68.8. The molecule has 0 aromatic rings. The largest absolute Gasteiger partial charge is 0.472 e. The van der Waals surface area contributed by atoms with Gasteiger partial charge in [0, 0.05) is 19.3 Å². The summed E-state index contributed by atoms with van der Waals surface area (Å²) in [7, 11) is -9.81. The molecule has 0 rings (SSSR count). The number of rotatable bonds is 78. The van der Waals surface area contributed by atoms with Crippen LogP contribution in [-0.4, -0.2) is 95.9 Å². The van der Waals surface area contributed by atoms with Crippen molar-refractivity contribution in [2.75, 3.05) is 39.6 Å². The predicted molar refractivity (Wildman–Crippen MR) is 445 cm³/mol. The summed E-state index contributed by atoms with van der Waals surface area (Å²) < 4.78 is 61.2. The second-order valence-electron chi connectivity index (χ2n) is 27.5. The summed E-state index contributed by atoms with van der Waals surface area (Å²) in [4.78, 5) is 58.7. The number of aliphatic hydroxyl groups is 2. The molecule has 612 valence electrons. The van der Waals surface area contributed by atoms with Crippen LogP contribution in [0.2, 0.25) is 0 Å². The van der Waals surface area contributed by atoms with E-state index in [4.69, 9.17) is 32.3 Å². The lowest BCUT2D eigenvalue weighted by molar-refractivity contribution is -0.161. The highest BCUT2D eigenvalue weighted by atomic mass is 31.2. The molecule has 0 saturated carbocycles. The van der Waals surface area contributed by atoms with Crippen LogP contribution in [-0.2, 0) is 55.8 Å². The van der Waals surface area contributed by atoms with E-state index < -0.39 is 91.5 Å². The molecule has 0 heterocycles. The van der Waals surface area contributed by atoms with Crippen LogP contribution in [0, 0.1) is 0 Å². The number of ether oxygens (including phenoxy) is 3. The van der Waals surface area contributed by atoms with E-state index in [0.717, 1.165) is 167 Å². The van der Waals surface area contributed by atoms with Crippen molar-refractivity contribution in [3.8, 4) is 0 Å². The molecule has 0 amide bonds. The van der Waals surface area contributed by atoms with Gasteiger partial charge in [-0.3, -0.25) is 32.5 Å². The van der Waals surface area contributed by atoms with Gasteiger partial charge in [0.1, 0.15) is 25.4 Å². The molecule has 0 aliphatic heterocycles. The summed E-state index contributed by atoms with van der Waals surface area (Å²) in [5.74, 6) is -1.61. The van der Waals surface area contributed by atoms with E-state index >= 15 is 0 Å². The Morgan fingerprint density at radius 3 is 0.785 bits per heavy atom. The van der Waals surface area contributed by atoms with E-state index in [9.17, 15) is 43.5 Å². The van der Waals surface area contributed by atoms with Gasteiger partial charge in [-0.05, 0) is 148 Å². The molecule has 0 aliphatic rings. The van der Waals surface area contributed by atoms with Crippen molar-refractivity contribution >= 4 is 33.6 Å². The highest BCUT2D eigenvalue weighted by Crippen LogP contribution is 2.45. The molecule has 0 aliphatic carbocycles. The van der Waals surface area contributed by atoms with E-state index in [0.29, 0.717) is 19.3 Å². The summed E-state index contributed by atoms with van der Waals surface area (Å²) in [5, 5.41) is 20.7. The lowest BCUT2D eigenvalue weighted by Gasteiger charge is -2.21. The van der Waals surface area contributed by atoms with E-state index in [1.165, 1.54) is 103 Å². The number of aliphatic hydroxyl groups excluding tert-OH is 2. The molecule has 0 aromatic carbocycles. The van der Waals surface area contributed by atoms with Crippen molar-refractivity contribution in [1.29, 1.82) is 0 Å². The Bertz CT molecular complexity index is 2580. The molecule has 0 saturated heterocycles.